The van der Waals surface area contributed by atoms with E-state index in [-0.39, 0.29) is 25.2 Å². The second-order valence-electron chi connectivity index (χ2n) is 7.32. The first kappa shape index (κ1) is 19.3. The zero-order chi connectivity index (χ0) is 20.2. The van der Waals surface area contributed by atoms with Crippen molar-refractivity contribution in [3.05, 3.63) is 48.0 Å². The maximum Gasteiger partial charge on any atom is 0.262 e. The summed E-state index contributed by atoms with van der Waals surface area (Å²) in [6.07, 6.45) is 1.90. The first-order valence-corrected chi connectivity index (χ1v) is 9.84. The molecule has 0 spiro atoms. The number of amides is 1. The molecular formula is C22H25N3O4. The van der Waals surface area contributed by atoms with Crippen LogP contribution in [0.15, 0.2) is 47.5 Å². The van der Waals surface area contributed by atoms with E-state index in [1.54, 1.807) is 18.2 Å². The third-order valence-corrected chi connectivity index (χ3v) is 5.13. The number of benzene rings is 2. The predicted molar refractivity (Wildman–Crippen MR) is 111 cm³/mol. The van der Waals surface area contributed by atoms with Crippen molar-refractivity contribution in [3.63, 3.8) is 0 Å². The van der Waals surface area contributed by atoms with E-state index in [0.29, 0.717) is 23.0 Å². The molecule has 2 aliphatic heterocycles. The van der Waals surface area contributed by atoms with Gasteiger partial charge in [0.25, 0.3) is 5.91 Å². The highest BCUT2D eigenvalue weighted by Crippen LogP contribution is 2.32. The van der Waals surface area contributed by atoms with Crippen LogP contribution >= 0.6 is 0 Å². The van der Waals surface area contributed by atoms with E-state index in [1.165, 1.54) is 5.56 Å². The monoisotopic (exact) mass is 395 g/mol. The summed E-state index contributed by atoms with van der Waals surface area (Å²) in [4.78, 5) is 18.1. The van der Waals surface area contributed by atoms with Gasteiger partial charge in [-0.2, -0.15) is 0 Å². The fourth-order valence-electron chi connectivity index (χ4n) is 3.53. The molecule has 0 radical (unpaired) electrons. The quantitative estimate of drug-likeness (QED) is 0.614. The van der Waals surface area contributed by atoms with Gasteiger partial charge in [0.1, 0.15) is 30.0 Å². The Morgan fingerprint density at radius 3 is 2.72 bits per heavy atom. The Kier molecular flexibility index (Phi) is 5.67. The van der Waals surface area contributed by atoms with E-state index in [9.17, 15) is 9.90 Å². The number of fused-ring (bicyclic) bond motifs is 1. The Hall–Kier alpha value is -3.06. The van der Waals surface area contributed by atoms with Crippen molar-refractivity contribution >= 4 is 23.1 Å². The summed E-state index contributed by atoms with van der Waals surface area (Å²) in [5.41, 5.74) is 2.53. The Labute approximate surface area is 170 Å². The first-order chi connectivity index (χ1) is 14.1. The number of nitrogens with zero attached hydrogens (tertiary/aromatic N) is 2. The number of carbonyl (C=O) groups excluding carboxylic acids is 1. The van der Waals surface area contributed by atoms with Gasteiger partial charge in [-0.05, 0) is 31.2 Å². The highest BCUT2D eigenvalue weighted by atomic mass is 16.5. The summed E-state index contributed by atoms with van der Waals surface area (Å²) >= 11 is 0. The van der Waals surface area contributed by atoms with Crippen LogP contribution in [0.4, 0.5) is 11.4 Å². The highest BCUT2D eigenvalue weighted by molar-refractivity contribution is 5.96. The highest BCUT2D eigenvalue weighted by Gasteiger charge is 2.23. The van der Waals surface area contributed by atoms with Crippen LogP contribution in [0, 0.1) is 6.92 Å². The van der Waals surface area contributed by atoms with Crippen molar-refractivity contribution in [2.24, 2.45) is 4.99 Å². The predicted octanol–water partition coefficient (Wildman–Crippen LogP) is 2.89. The maximum absolute atomic E-state index is 11.4. The zero-order valence-corrected chi connectivity index (χ0v) is 16.4. The van der Waals surface area contributed by atoms with Gasteiger partial charge >= 0.3 is 0 Å². The van der Waals surface area contributed by atoms with Gasteiger partial charge in [0.15, 0.2) is 6.61 Å². The molecule has 2 aliphatic rings. The molecule has 2 aromatic carbocycles. The second-order valence-corrected chi connectivity index (χ2v) is 7.32. The van der Waals surface area contributed by atoms with Gasteiger partial charge in [0.05, 0.1) is 11.4 Å². The number of aliphatic hydroxyl groups excluding tert-OH is 1. The minimum Gasteiger partial charge on any atom is -0.490 e. The van der Waals surface area contributed by atoms with Gasteiger partial charge in [0.2, 0.25) is 0 Å². The number of hydrogen-bond donors (Lipinski definition) is 2. The lowest BCUT2D eigenvalue weighted by Crippen LogP contribution is -2.43. The van der Waals surface area contributed by atoms with E-state index < -0.39 is 0 Å². The maximum atomic E-state index is 11.4. The Morgan fingerprint density at radius 2 is 2.00 bits per heavy atom. The topological polar surface area (TPSA) is 83.4 Å². The second kappa shape index (κ2) is 8.53. The average Bonchev–Trinajstić information content (AvgIpc) is 2.74. The minimum absolute atomic E-state index is 0.00151. The summed E-state index contributed by atoms with van der Waals surface area (Å²) in [5.74, 6) is 1.94. The number of amidine groups is 1. The van der Waals surface area contributed by atoms with Crippen LogP contribution in [-0.2, 0) is 4.79 Å². The molecule has 1 saturated heterocycles. The summed E-state index contributed by atoms with van der Waals surface area (Å²) in [5, 5.41) is 12.6. The van der Waals surface area contributed by atoms with Crippen LogP contribution in [0.5, 0.6) is 11.5 Å². The number of hydrogen-bond acceptors (Lipinski definition) is 5. The number of aryl methyl sites for hydroxylation is 1. The molecular weight excluding hydrogens is 370 g/mol. The molecule has 2 N–H and O–H groups in total. The van der Waals surface area contributed by atoms with Gasteiger partial charge in [-0.15, -0.1) is 0 Å². The molecule has 0 unspecified atom stereocenters. The molecule has 4 rings (SSSR count). The number of piperidine rings is 1. The number of likely N-dealkylation sites (tertiary alicyclic amines) is 1. The smallest absolute Gasteiger partial charge is 0.262 e. The van der Waals surface area contributed by atoms with Crippen molar-refractivity contribution in [1.29, 1.82) is 0 Å². The van der Waals surface area contributed by atoms with Gasteiger partial charge in [-0.1, -0.05) is 17.7 Å². The summed E-state index contributed by atoms with van der Waals surface area (Å²) in [6, 6.07) is 13.4. The number of aliphatic hydroxyl groups is 1. The van der Waals surface area contributed by atoms with Crippen molar-refractivity contribution in [3.8, 4) is 11.5 Å². The number of nitrogens with one attached hydrogen (secondary N) is 1. The van der Waals surface area contributed by atoms with E-state index in [4.69, 9.17) is 9.47 Å². The molecule has 7 nitrogen and oxygen atoms in total. The fourth-order valence-corrected chi connectivity index (χ4v) is 3.53. The molecule has 0 saturated carbocycles. The number of rotatable bonds is 4. The van der Waals surface area contributed by atoms with Crippen LogP contribution in [0.25, 0.3) is 0 Å². The fraction of sp³-hybridized carbons (Fsp3) is 0.364. The standard InChI is InChI=1S/C22H25N3O4/c1-15-2-5-17(6-3-15)29-18-8-10-25(11-9-18)21(13-26)23-16-4-7-19-20(12-16)28-14-22(27)24-19/h2-7,12,18,26H,8-11,13-14H2,1H3,(H,24,27). The third kappa shape index (κ3) is 4.68. The van der Waals surface area contributed by atoms with E-state index in [1.807, 2.05) is 12.1 Å². The van der Waals surface area contributed by atoms with Crippen LogP contribution in [-0.4, -0.2) is 54.2 Å². The summed E-state index contributed by atoms with van der Waals surface area (Å²) < 4.78 is 11.5. The third-order valence-electron chi connectivity index (χ3n) is 5.13. The summed E-state index contributed by atoms with van der Waals surface area (Å²) in [7, 11) is 0. The van der Waals surface area contributed by atoms with E-state index >= 15 is 0 Å². The van der Waals surface area contributed by atoms with Gasteiger partial charge in [-0.3, -0.25) is 4.79 Å². The largest absolute Gasteiger partial charge is 0.490 e. The van der Waals surface area contributed by atoms with Crippen LogP contribution in [0.2, 0.25) is 0 Å². The number of aliphatic imine (C=N–C) groups is 1. The molecule has 0 atom stereocenters. The molecule has 0 aromatic heterocycles. The van der Waals surface area contributed by atoms with Crippen molar-refractivity contribution in [2.75, 3.05) is 31.6 Å². The van der Waals surface area contributed by atoms with E-state index in [0.717, 1.165) is 31.7 Å². The van der Waals surface area contributed by atoms with Crippen LogP contribution in [0.1, 0.15) is 18.4 Å². The Bertz CT molecular complexity index is 903. The first-order valence-electron chi connectivity index (χ1n) is 9.84. The lowest BCUT2D eigenvalue weighted by atomic mass is 10.1. The van der Waals surface area contributed by atoms with Crippen LogP contribution < -0.4 is 14.8 Å². The van der Waals surface area contributed by atoms with Crippen molar-refractivity contribution in [1.82, 2.24) is 4.90 Å². The van der Waals surface area contributed by atoms with E-state index in [2.05, 4.69) is 34.3 Å². The van der Waals surface area contributed by atoms with Gasteiger partial charge in [0, 0.05) is 32.0 Å². The van der Waals surface area contributed by atoms with Gasteiger partial charge < -0.3 is 24.8 Å². The molecule has 29 heavy (non-hydrogen) atoms. The zero-order valence-electron chi connectivity index (χ0n) is 16.4. The normalized spacial score (nSPS) is 17.4. The average molecular weight is 395 g/mol. The molecule has 2 heterocycles. The lowest BCUT2D eigenvalue weighted by Gasteiger charge is -2.33. The number of anilines is 1. The number of carbonyl (C=O) groups is 1. The molecule has 152 valence electrons. The molecule has 0 aliphatic carbocycles. The molecule has 1 fully saturated rings. The Morgan fingerprint density at radius 1 is 1.24 bits per heavy atom. The van der Waals surface area contributed by atoms with Gasteiger partial charge in [-0.25, -0.2) is 4.99 Å². The molecule has 1 amide bonds. The SMILES string of the molecule is Cc1ccc(OC2CCN(C(CO)=Nc3ccc4c(c3)OCC(=O)N4)CC2)cc1. The molecule has 0 bridgehead atoms. The Balaban J connectivity index is 1.39. The lowest BCUT2D eigenvalue weighted by molar-refractivity contribution is -0.118. The van der Waals surface area contributed by atoms with Crippen molar-refractivity contribution < 1.29 is 19.4 Å². The molecule has 7 heteroatoms. The number of ether oxygens (including phenoxy) is 2. The van der Waals surface area contributed by atoms with Crippen molar-refractivity contribution in [2.45, 2.75) is 25.9 Å². The van der Waals surface area contributed by atoms with Crippen LogP contribution in [0.3, 0.4) is 0 Å². The molecule has 2 aromatic rings. The minimum atomic E-state index is -0.166. The summed E-state index contributed by atoms with van der Waals surface area (Å²) in [6.45, 7) is 3.46.